The third kappa shape index (κ3) is 3.98. The highest BCUT2D eigenvalue weighted by Gasteiger charge is 2.34. The van der Waals surface area contributed by atoms with E-state index < -0.39 is 5.60 Å². The maximum Gasteiger partial charge on any atom is 0.137 e. The minimum absolute atomic E-state index is 0.0835. The largest absolute Gasteiger partial charge is 0.381 e. The monoisotopic (exact) mass is 318 g/mol. The molecule has 2 rings (SSSR count). The van der Waals surface area contributed by atoms with Crippen molar-refractivity contribution in [2.75, 3.05) is 13.6 Å². The molecule has 1 unspecified atom stereocenters. The van der Waals surface area contributed by atoms with Crippen molar-refractivity contribution in [3.05, 3.63) is 47.8 Å². The number of aryl methyl sites for hydroxylation is 1. The molecule has 1 atom stereocenters. The lowest BCUT2D eigenvalue weighted by atomic mass is 9.89. The van der Waals surface area contributed by atoms with Crippen LogP contribution in [0, 0.1) is 12.7 Å². The van der Waals surface area contributed by atoms with Gasteiger partial charge in [-0.15, -0.1) is 0 Å². The van der Waals surface area contributed by atoms with Gasteiger partial charge in [-0.25, -0.2) is 14.1 Å². The predicted molar refractivity (Wildman–Crippen MR) is 85.7 cm³/mol. The van der Waals surface area contributed by atoms with Crippen LogP contribution in [-0.4, -0.2) is 51.5 Å². The van der Waals surface area contributed by atoms with E-state index in [0.29, 0.717) is 11.1 Å². The number of aliphatic imine (C=N–C) groups is 1. The Bertz CT molecular complexity index is 687. The number of rotatable bonds is 7. The van der Waals surface area contributed by atoms with E-state index in [9.17, 15) is 9.50 Å². The van der Waals surface area contributed by atoms with Gasteiger partial charge in [-0.2, -0.15) is 10.2 Å². The van der Waals surface area contributed by atoms with Gasteiger partial charge in [0.05, 0.1) is 13.1 Å². The quantitative estimate of drug-likeness (QED) is 0.472. The third-order valence-electron chi connectivity index (χ3n) is 3.43. The van der Waals surface area contributed by atoms with Gasteiger partial charge in [-0.05, 0) is 30.2 Å². The average molecular weight is 318 g/mol. The summed E-state index contributed by atoms with van der Waals surface area (Å²) < 4.78 is 14.9. The Labute approximate surface area is 133 Å². The van der Waals surface area contributed by atoms with Gasteiger partial charge in [-0.1, -0.05) is 6.07 Å². The van der Waals surface area contributed by atoms with Crippen molar-refractivity contribution in [3.63, 3.8) is 0 Å². The molecular weight excluding hydrogens is 299 g/mol. The molecule has 0 spiro atoms. The van der Waals surface area contributed by atoms with Gasteiger partial charge in [0.25, 0.3) is 0 Å². The van der Waals surface area contributed by atoms with Crippen LogP contribution in [0.3, 0.4) is 0 Å². The highest BCUT2D eigenvalue weighted by molar-refractivity contribution is 5.55. The molecule has 0 bridgehead atoms. The van der Waals surface area contributed by atoms with E-state index in [-0.39, 0.29) is 18.9 Å². The fourth-order valence-electron chi connectivity index (χ4n) is 2.48. The Morgan fingerprint density at radius 3 is 2.87 bits per heavy atom. The molecule has 1 aromatic carbocycles. The number of nitrogens with zero attached hydrogens (tertiary/aromatic N) is 6. The van der Waals surface area contributed by atoms with Gasteiger partial charge in [0.1, 0.15) is 30.4 Å². The van der Waals surface area contributed by atoms with Gasteiger partial charge in [-0.3, -0.25) is 10.0 Å². The van der Waals surface area contributed by atoms with Crippen molar-refractivity contribution in [2.45, 2.75) is 19.1 Å². The minimum atomic E-state index is -1.38. The summed E-state index contributed by atoms with van der Waals surface area (Å²) in [4.78, 5) is 7.76. The minimum Gasteiger partial charge on any atom is -0.381 e. The Morgan fingerprint density at radius 2 is 2.30 bits per heavy atom. The molecular formula is C15H19FN6O. The standard InChI is InChI=1S/C15H19FN6O/c1-12-6-13(16)4-5-14(12)15(23,7-21(18-3)10-17-2)8-22-11-19-9-20-22/h4-6,9-11,23H,3,7-8H2,1-2H3. The number of halogens is 1. The molecule has 0 amide bonds. The second-order valence-electron chi connectivity index (χ2n) is 5.20. The van der Waals surface area contributed by atoms with Crippen molar-refractivity contribution < 1.29 is 9.50 Å². The van der Waals surface area contributed by atoms with Crippen LogP contribution in [0.5, 0.6) is 0 Å². The van der Waals surface area contributed by atoms with E-state index in [1.807, 2.05) is 0 Å². The van der Waals surface area contributed by atoms with E-state index in [1.165, 1.54) is 40.8 Å². The van der Waals surface area contributed by atoms with E-state index in [1.54, 1.807) is 20.0 Å². The van der Waals surface area contributed by atoms with Crippen molar-refractivity contribution in [1.29, 1.82) is 0 Å². The molecule has 7 nitrogen and oxygen atoms in total. The van der Waals surface area contributed by atoms with Gasteiger partial charge in [0.2, 0.25) is 0 Å². The smallest absolute Gasteiger partial charge is 0.137 e. The zero-order valence-corrected chi connectivity index (χ0v) is 13.1. The number of hydrogen-bond acceptors (Lipinski definition) is 5. The zero-order chi connectivity index (χ0) is 16.9. The zero-order valence-electron chi connectivity index (χ0n) is 13.1. The molecule has 0 saturated carbocycles. The number of aromatic nitrogens is 3. The van der Waals surface area contributed by atoms with Gasteiger partial charge >= 0.3 is 0 Å². The maximum atomic E-state index is 13.4. The van der Waals surface area contributed by atoms with E-state index in [4.69, 9.17) is 0 Å². The first-order chi connectivity index (χ1) is 11.0. The molecule has 23 heavy (non-hydrogen) atoms. The normalized spacial score (nSPS) is 13.9. The topological polar surface area (TPSA) is 78.9 Å². The Hall–Kier alpha value is -2.61. The summed E-state index contributed by atoms with van der Waals surface area (Å²) in [7, 11) is 1.60. The molecule has 1 aromatic heterocycles. The second-order valence-corrected chi connectivity index (χ2v) is 5.20. The first-order valence-electron chi connectivity index (χ1n) is 6.95. The molecule has 1 N–H and O–H groups in total. The molecule has 0 fully saturated rings. The van der Waals surface area contributed by atoms with Crippen molar-refractivity contribution in [3.8, 4) is 0 Å². The van der Waals surface area contributed by atoms with E-state index >= 15 is 0 Å². The van der Waals surface area contributed by atoms with Crippen LogP contribution in [0.15, 0.2) is 40.9 Å². The predicted octanol–water partition coefficient (Wildman–Crippen LogP) is 1.19. The SMILES string of the molecule is C=NN(C=NC)CC(O)(Cn1cncn1)c1ccc(F)cc1C. The van der Waals surface area contributed by atoms with Gasteiger partial charge in [0.15, 0.2) is 0 Å². The molecule has 0 aliphatic rings. The van der Waals surface area contributed by atoms with Crippen LogP contribution in [0.4, 0.5) is 4.39 Å². The molecule has 0 aliphatic heterocycles. The number of hydrazone groups is 1. The average Bonchev–Trinajstić information content (AvgIpc) is 2.99. The molecule has 122 valence electrons. The fraction of sp³-hybridized carbons (Fsp3) is 0.333. The summed E-state index contributed by atoms with van der Waals surface area (Å²) in [5.41, 5.74) is -0.175. The summed E-state index contributed by atoms with van der Waals surface area (Å²) in [6, 6.07) is 4.25. The molecule has 2 aromatic rings. The first kappa shape index (κ1) is 16.8. The van der Waals surface area contributed by atoms with E-state index in [2.05, 4.69) is 26.9 Å². The Morgan fingerprint density at radius 1 is 1.52 bits per heavy atom. The van der Waals surface area contributed by atoms with Crippen LogP contribution in [0.2, 0.25) is 0 Å². The Balaban J connectivity index is 2.42. The summed E-state index contributed by atoms with van der Waals surface area (Å²) in [5, 5.41) is 20.5. The van der Waals surface area contributed by atoms with Crippen molar-refractivity contribution in [1.82, 2.24) is 19.8 Å². The van der Waals surface area contributed by atoms with Crippen LogP contribution in [-0.2, 0) is 12.1 Å². The first-order valence-corrected chi connectivity index (χ1v) is 6.95. The maximum absolute atomic E-state index is 13.4. The lowest BCUT2D eigenvalue weighted by Gasteiger charge is -2.32. The summed E-state index contributed by atoms with van der Waals surface area (Å²) in [6.07, 6.45) is 4.34. The van der Waals surface area contributed by atoms with Crippen LogP contribution in [0.1, 0.15) is 11.1 Å². The summed E-state index contributed by atoms with van der Waals surface area (Å²) >= 11 is 0. The highest BCUT2D eigenvalue weighted by atomic mass is 19.1. The summed E-state index contributed by atoms with van der Waals surface area (Å²) in [5.74, 6) is -0.358. The third-order valence-corrected chi connectivity index (χ3v) is 3.43. The molecule has 0 saturated heterocycles. The van der Waals surface area contributed by atoms with Crippen molar-refractivity contribution >= 4 is 13.1 Å². The molecule has 8 heteroatoms. The van der Waals surface area contributed by atoms with Crippen LogP contribution >= 0.6 is 0 Å². The molecule has 0 radical (unpaired) electrons. The molecule has 0 aliphatic carbocycles. The number of aliphatic hydroxyl groups is 1. The second kappa shape index (κ2) is 7.10. The lowest BCUT2D eigenvalue weighted by molar-refractivity contribution is -0.00323. The van der Waals surface area contributed by atoms with E-state index in [0.717, 1.165) is 0 Å². The number of benzene rings is 1. The van der Waals surface area contributed by atoms with Crippen molar-refractivity contribution in [2.24, 2.45) is 10.1 Å². The molecule has 1 heterocycles. The number of hydrogen-bond donors (Lipinski definition) is 1. The highest BCUT2D eigenvalue weighted by Crippen LogP contribution is 2.28. The van der Waals surface area contributed by atoms with Crippen LogP contribution < -0.4 is 0 Å². The fourth-order valence-corrected chi connectivity index (χ4v) is 2.48. The van der Waals surface area contributed by atoms with Gasteiger partial charge < -0.3 is 5.11 Å². The summed E-state index contributed by atoms with van der Waals surface area (Å²) in [6.45, 7) is 5.42. The van der Waals surface area contributed by atoms with Crippen LogP contribution in [0.25, 0.3) is 0 Å². The Kier molecular flexibility index (Phi) is 5.17. The lowest BCUT2D eigenvalue weighted by Crippen LogP contribution is -2.42. The van der Waals surface area contributed by atoms with Gasteiger partial charge in [0, 0.05) is 13.8 Å².